The van der Waals surface area contributed by atoms with E-state index in [1.165, 1.54) is 0 Å². The highest BCUT2D eigenvalue weighted by Crippen LogP contribution is 2.26. The number of nitrogens with two attached hydrogens (primary N) is 1. The Morgan fingerprint density at radius 3 is 2.59 bits per heavy atom. The normalized spacial score (nSPS) is 22.8. The second kappa shape index (κ2) is 6.07. The van der Waals surface area contributed by atoms with Gasteiger partial charge in [-0.3, -0.25) is 4.79 Å². The second-order valence-electron chi connectivity index (χ2n) is 5.33. The Labute approximate surface area is 108 Å². The van der Waals surface area contributed by atoms with Gasteiger partial charge in [-0.2, -0.15) is 11.8 Å². The Bertz CT molecular complexity index is 263. The predicted octanol–water partition coefficient (Wildman–Crippen LogP) is 0.878. The van der Waals surface area contributed by atoms with Crippen LogP contribution in [0.5, 0.6) is 0 Å². The molecule has 100 valence electrons. The number of hydrogen-bond acceptors (Lipinski definition) is 4. The molecule has 4 nitrogen and oxygen atoms in total. The quantitative estimate of drug-likeness (QED) is 0.686. The van der Waals surface area contributed by atoms with Gasteiger partial charge in [0.1, 0.15) is 0 Å². The SMILES string of the molecule is CSCC(C)(O)CNC(=O)C1(N)CCCCC1. The summed E-state index contributed by atoms with van der Waals surface area (Å²) in [6.45, 7) is 2.00. The van der Waals surface area contributed by atoms with Crippen molar-refractivity contribution in [1.29, 1.82) is 0 Å². The van der Waals surface area contributed by atoms with Gasteiger partial charge >= 0.3 is 0 Å². The van der Waals surface area contributed by atoms with Crippen molar-refractivity contribution in [3.63, 3.8) is 0 Å². The van der Waals surface area contributed by atoms with E-state index in [1.54, 1.807) is 18.7 Å². The monoisotopic (exact) mass is 260 g/mol. The zero-order chi connectivity index (χ0) is 12.9. The maximum absolute atomic E-state index is 12.0. The number of amides is 1. The van der Waals surface area contributed by atoms with Crippen LogP contribution in [0.25, 0.3) is 0 Å². The topological polar surface area (TPSA) is 75.3 Å². The van der Waals surface area contributed by atoms with Crippen LogP contribution < -0.4 is 11.1 Å². The lowest BCUT2D eigenvalue weighted by atomic mass is 9.82. The van der Waals surface area contributed by atoms with Crippen molar-refractivity contribution in [2.45, 2.75) is 50.2 Å². The smallest absolute Gasteiger partial charge is 0.240 e. The molecule has 0 aromatic carbocycles. The number of aliphatic hydroxyl groups is 1. The molecule has 0 aromatic rings. The molecule has 1 fully saturated rings. The number of rotatable bonds is 5. The highest BCUT2D eigenvalue weighted by molar-refractivity contribution is 7.98. The first kappa shape index (κ1) is 14.8. The van der Waals surface area contributed by atoms with Gasteiger partial charge in [-0.15, -0.1) is 0 Å². The molecule has 0 saturated heterocycles. The molecule has 1 atom stereocenters. The molecule has 0 spiro atoms. The first-order valence-electron chi connectivity index (χ1n) is 6.18. The molecule has 1 aliphatic carbocycles. The summed E-state index contributed by atoms with van der Waals surface area (Å²) in [7, 11) is 0. The molecule has 1 aliphatic rings. The van der Waals surface area contributed by atoms with Crippen LogP contribution in [0, 0.1) is 0 Å². The summed E-state index contributed by atoms with van der Waals surface area (Å²) in [5.41, 5.74) is 4.53. The molecule has 4 N–H and O–H groups in total. The Hall–Kier alpha value is -0.260. The third-order valence-corrected chi connectivity index (χ3v) is 4.19. The predicted molar refractivity (Wildman–Crippen MR) is 72.0 cm³/mol. The molecule has 1 amide bonds. The van der Waals surface area contributed by atoms with Crippen LogP contribution in [0.15, 0.2) is 0 Å². The lowest BCUT2D eigenvalue weighted by Crippen LogP contribution is -2.57. The third kappa shape index (κ3) is 4.48. The van der Waals surface area contributed by atoms with Gasteiger partial charge in [0.05, 0.1) is 11.1 Å². The van der Waals surface area contributed by atoms with Gasteiger partial charge in [0.2, 0.25) is 5.91 Å². The van der Waals surface area contributed by atoms with E-state index in [4.69, 9.17) is 5.73 Å². The number of nitrogens with one attached hydrogen (secondary N) is 1. The molecular formula is C12H24N2O2S. The molecular weight excluding hydrogens is 236 g/mol. The van der Waals surface area contributed by atoms with Crippen molar-refractivity contribution in [3.8, 4) is 0 Å². The molecule has 0 bridgehead atoms. The molecule has 0 aromatic heterocycles. The minimum atomic E-state index is -0.861. The standard InChI is InChI=1S/C12H24N2O2S/c1-11(16,9-17-2)8-14-10(15)12(13)6-4-3-5-7-12/h16H,3-9,13H2,1-2H3,(H,14,15). The maximum Gasteiger partial charge on any atom is 0.240 e. The van der Waals surface area contributed by atoms with E-state index in [-0.39, 0.29) is 12.5 Å². The van der Waals surface area contributed by atoms with Gasteiger partial charge < -0.3 is 16.2 Å². The van der Waals surface area contributed by atoms with E-state index in [9.17, 15) is 9.90 Å². The summed E-state index contributed by atoms with van der Waals surface area (Å²) >= 11 is 1.56. The van der Waals surface area contributed by atoms with Crippen molar-refractivity contribution in [1.82, 2.24) is 5.32 Å². The molecule has 5 heteroatoms. The summed E-state index contributed by atoms with van der Waals surface area (Å²) in [4.78, 5) is 12.0. The van der Waals surface area contributed by atoms with E-state index in [2.05, 4.69) is 5.32 Å². The first-order chi connectivity index (χ1) is 7.90. The number of carbonyl (C=O) groups excluding carboxylic acids is 1. The van der Waals surface area contributed by atoms with Crippen LogP contribution >= 0.6 is 11.8 Å². The Balaban J connectivity index is 2.43. The van der Waals surface area contributed by atoms with Gasteiger partial charge in [-0.1, -0.05) is 19.3 Å². The van der Waals surface area contributed by atoms with Crippen LogP contribution in [0.4, 0.5) is 0 Å². The molecule has 0 heterocycles. The largest absolute Gasteiger partial charge is 0.387 e. The molecule has 0 radical (unpaired) electrons. The number of thioether (sulfide) groups is 1. The zero-order valence-electron chi connectivity index (χ0n) is 10.8. The van der Waals surface area contributed by atoms with Crippen LogP contribution in [-0.2, 0) is 4.79 Å². The van der Waals surface area contributed by atoms with Crippen molar-refractivity contribution < 1.29 is 9.90 Å². The average molecular weight is 260 g/mol. The summed E-state index contributed by atoms with van der Waals surface area (Å²) < 4.78 is 0. The fourth-order valence-corrected chi connectivity index (χ4v) is 2.94. The van der Waals surface area contributed by atoms with Crippen molar-refractivity contribution in [2.75, 3.05) is 18.6 Å². The Morgan fingerprint density at radius 2 is 2.06 bits per heavy atom. The van der Waals surface area contributed by atoms with Crippen LogP contribution in [0.1, 0.15) is 39.0 Å². The highest BCUT2D eigenvalue weighted by Gasteiger charge is 2.36. The van der Waals surface area contributed by atoms with Crippen LogP contribution in [0.2, 0.25) is 0 Å². The Kier molecular flexibility index (Phi) is 5.28. The molecule has 1 rings (SSSR count). The van der Waals surface area contributed by atoms with Gasteiger partial charge in [0.15, 0.2) is 0 Å². The summed E-state index contributed by atoms with van der Waals surface area (Å²) in [5, 5.41) is 12.8. The third-order valence-electron chi connectivity index (χ3n) is 3.28. The summed E-state index contributed by atoms with van der Waals surface area (Å²) in [5.74, 6) is 0.490. The summed E-state index contributed by atoms with van der Waals surface area (Å²) in [6.07, 6.45) is 6.64. The van der Waals surface area contributed by atoms with E-state index in [0.717, 1.165) is 32.1 Å². The highest BCUT2D eigenvalue weighted by atomic mass is 32.2. The van der Waals surface area contributed by atoms with Crippen molar-refractivity contribution >= 4 is 17.7 Å². The van der Waals surface area contributed by atoms with Crippen LogP contribution in [0.3, 0.4) is 0 Å². The van der Waals surface area contributed by atoms with E-state index >= 15 is 0 Å². The molecule has 1 unspecified atom stereocenters. The van der Waals surface area contributed by atoms with Crippen LogP contribution in [-0.4, -0.2) is 40.7 Å². The van der Waals surface area contributed by atoms with E-state index in [0.29, 0.717) is 5.75 Å². The molecule has 0 aliphatic heterocycles. The summed E-state index contributed by atoms with van der Waals surface area (Å²) in [6, 6.07) is 0. The van der Waals surface area contributed by atoms with E-state index in [1.807, 2.05) is 6.26 Å². The average Bonchev–Trinajstić information content (AvgIpc) is 2.27. The molecule has 1 saturated carbocycles. The molecule has 17 heavy (non-hydrogen) atoms. The maximum atomic E-state index is 12.0. The number of carbonyl (C=O) groups is 1. The van der Waals surface area contributed by atoms with Crippen molar-refractivity contribution in [3.05, 3.63) is 0 Å². The second-order valence-corrected chi connectivity index (χ2v) is 6.20. The minimum absolute atomic E-state index is 0.112. The van der Waals surface area contributed by atoms with Gasteiger partial charge in [-0.05, 0) is 26.0 Å². The zero-order valence-corrected chi connectivity index (χ0v) is 11.6. The lowest BCUT2D eigenvalue weighted by molar-refractivity contribution is -0.128. The van der Waals surface area contributed by atoms with E-state index < -0.39 is 11.1 Å². The van der Waals surface area contributed by atoms with Gasteiger partial charge in [0, 0.05) is 12.3 Å². The number of hydrogen-bond donors (Lipinski definition) is 3. The fourth-order valence-electron chi connectivity index (χ4n) is 2.22. The van der Waals surface area contributed by atoms with Gasteiger partial charge in [-0.25, -0.2) is 0 Å². The Morgan fingerprint density at radius 1 is 1.47 bits per heavy atom. The van der Waals surface area contributed by atoms with Gasteiger partial charge in [0.25, 0.3) is 0 Å². The first-order valence-corrected chi connectivity index (χ1v) is 7.57. The lowest BCUT2D eigenvalue weighted by Gasteiger charge is -2.33. The van der Waals surface area contributed by atoms with Crippen molar-refractivity contribution in [2.24, 2.45) is 5.73 Å². The fraction of sp³-hybridized carbons (Fsp3) is 0.917. The minimum Gasteiger partial charge on any atom is -0.387 e.